The van der Waals surface area contributed by atoms with Crippen molar-refractivity contribution in [2.75, 3.05) is 0 Å². The van der Waals surface area contributed by atoms with Gasteiger partial charge < -0.3 is 22.9 Å². The molecule has 90 heavy (non-hydrogen) atoms. The van der Waals surface area contributed by atoms with E-state index in [1.807, 2.05) is 79.0 Å². The molecule has 17 aromatic rings. The van der Waals surface area contributed by atoms with Crippen LogP contribution in [0.15, 0.2) is 271 Å². The minimum Gasteiger partial charge on any atom is -0.510 e. The fraction of sp³-hybridized carbons (Fsp3) is 0.0488. The molecule has 0 aliphatic carbocycles. The molecule has 0 N–H and O–H groups in total. The SMILES string of the molecule is [2H]c1c([2H])c([2H])c(-c2cccc3c2-c2ccccc2-c2cc(-c4ccc5oc6ccccc6c5c4)cc4c2[n+]([c-]n4-c2[c-]c(Oc4[c-]c5c(cc4)c4ccccc4n5-c4cc(C(C)(C)C)ccn4)ccc2)-c2c-3cccc2-n2c3ccccc3c3ccccc32)c([2H])c1[2H].[Pt]. The minimum absolute atomic E-state index is 0. The molecule has 430 valence electrons. The maximum atomic E-state index is 9.52. The molecule has 18 rings (SSSR count). The second-order valence-electron chi connectivity index (χ2n) is 23.9. The van der Waals surface area contributed by atoms with Crippen molar-refractivity contribution in [1.29, 1.82) is 0 Å². The number of ether oxygens (including phenoxy) is 1. The van der Waals surface area contributed by atoms with Crippen LogP contribution in [0.2, 0.25) is 0 Å². The van der Waals surface area contributed by atoms with Crippen molar-refractivity contribution in [3.05, 3.63) is 291 Å². The van der Waals surface area contributed by atoms with Crippen LogP contribution >= 0.6 is 0 Å². The van der Waals surface area contributed by atoms with Crippen LogP contribution in [0.3, 0.4) is 0 Å². The molecule has 0 amide bonds. The number of nitrogens with zero attached hydrogens (tertiary/aromatic N) is 5. The van der Waals surface area contributed by atoms with Gasteiger partial charge in [-0.3, -0.25) is 4.57 Å². The topological polar surface area (TPSA) is 53.9 Å². The van der Waals surface area contributed by atoms with Crippen LogP contribution < -0.4 is 9.30 Å². The number of imidazole rings is 1. The van der Waals surface area contributed by atoms with Crippen molar-refractivity contribution in [1.82, 2.24) is 18.7 Å². The summed E-state index contributed by atoms with van der Waals surface area (Å²) in [6, 6.07) is 84.6. The van der Waals surface area contributed by atoms with Gasteiger partial charge in [0, 0.05) is 65.8 Å². The zero-order chi connectivity index (χ0) is 63.4. The zero-order valence-electron chi connectivity index (χ0n) is 53.9. The Morgan fingerprint density at radius 1 is 0.478 bits per heavy atom. The summed E-state index contributed by atoms with van der Waals surface area (Å²) in [6.45, 7) is 6.63. The monoisotopic (exact) mass is 1340 g/mol. The summed E-state index contributed by atoms with van der Waals surface area (Å²) in [5, 5.41) is 6.28. The van der Waals surface area contributed by atoms with E-state index in [0.717, 1.165) is 133 Å². The van der Waals surface area contributed by atoms with E-state index in [9.17, 15) is 2.74 Å². The van der Waals surface area contributed by atoms with Crippen LogP contribution in [-0.2, 0) is 26.5 Å². The molecular weight excluding hydrogens is 1280 g/mol. The van der Waals surface area contributed by atoms with Gasteiger partial charge in [-0.15, -0.1) is 29.7 Å². The van der Waals surface area contributed by atoms with Crippen LogP contribution in [0.1, 0.15) is 33.2 Å². The maximum absolute atomic E-state index is 9.52. The van der Waals surface area contributed by atoms with Gasteiger partial charge in [0.2, 0.25) is 0 Å². The fourth-order valence-corrected chi connectivity index (χ4v) is 13.7. The molecule has 1 aliphatic rings. The van der Waals surface area contributed by atoms with E-state index in [2.05, 4.69) is 215 Å². The van der Waals surface area contributed by atoms with Gasteiger partial charge in [0.15, 0.2) is 0 Å². The van der Waals surface area contributed by atoms with Gasteiger partial charge in [-0.05, 0) is 138 Å². The Kier molecular flexibility index (Phi) is 11.0. The van der Waals surface area contributed by atoms with Gasteiger partial charge in [-0.1, -0.05) is 196 Å². The molecule has 0 spiro atoms. The first kappa shape index (κ1) is 48.2. The molecule has 0 radical (unpaired) electrons. The Labute approximate surface area is 540 Å². The van der Waals surface area contributed by atoms with Crippen molar-refractivity contribution in [3.63, 3.8) is 0 Å². The molecule has 0 bridgehead atoms. The molecule has 0 saturated heterocycles. The largest absolute Gasteiger partial charge is 0.510 e. The average Bonchev–Trinajstić information content (AvgIpc) is 1.60. The van der Waals surface area contributed by atoms with E-state index in [4.69, 9.17) is 18.3 Å². The quantitative estimate of drug-likeness (QED) is 0.118. The fourth-order valence-electron chi connectivity index (χ4n) is 13.7. The standard InChI is InChI=1S/C82H53N5O2.Pt/c1-82(2,3)54-42-43-83-78(47-54)87-72-35-15-11-27-62(72)63-40-39-57(49-74(63)87)88-56-23-17-22-55(48-56)84-50-85-80-67(32-19-36-73(80)86-70-33-13-9-25-60(70)61-26-10-14-34-71(61)86)66-31-18-30-58(51-20-5-4-6-21-51)79(66)65-29-8-7-24-59(65)69-45-53(46-75(84)81(69)85)52-38-41-77-68(44-52)64-28-12-16-37-76(64)89-77;/h4-47H,1-3H3;/q-2;/i4D,5D,6D,20D,21D;. The Hall–Kier alpha value is -10.9. The first-order chi connectivity index (χ1) is 45.8. The normalized spacial score (nSPS) is 12.9. The molecule has 0 saturated carbocycles. The number of para-hydroxylation sites is 5. The minimum atomic E-state index is -0.454. The molecule has 7 nitrogen and oxygen atoms in total. The van der Waals surface area contributed by atoms with E-state index >= 15 is 0 Å². The molecular formula is C82H53N5O2Pt-2. The Morgan fingerprint density at radius 3 is 1.91 bits per heavy atom. The number of hydrogen-bond acceptors (Lipinski definition) is 3. The van der Waals surface area contributed by atoms with Gasteiger partial charge in [0.1, 0.15) is 17.0 Å². The van der Waals surface area contributed by atoms with Crippen molar-refractivity contribution < 1.29 is 41.6 Å². The summed E-state index contributed by atoms with van der Waals surface area (Å²) in [5.74, 6) is 1.76. The third-order valence-corrected chi connectivity index (χ3v) is 17.7. The molecule has 0 atom stereocenters. The molecule has 12 aromatic carbocycles. The number of rotatable bonds is 7. The van der Waals surface area contributed by atoms with E-state index in [-0.39, 0.29) is 44.1 Å². The Morgan fingerprint density at radius 2 is 1.12 bits per heavy atom. The van der Waals surface area contributed by atoms with Crippen molar-refractivity contribution in [2.24, 2.45) is 0 Å². The van der Waals surface area contributed by atoms with Crippen LogP contribution in [0.5, 0.6) is 11.5 Å². The van der Waals surface area contributed by atoms with E-state index < -0.39 is 18.1 Å². The number of hydrogen-bond donors (Lipinski definition) is 0. The zero-order valence-corrected chi connectivity index (χ0v) is 51.2. The smallest absolute Gasteiger partial charge is 0.268 e. The van der Waals surface area contributed by atoms with Crippen LogP contribution in [0, 0.1) is 18.5 Å². The van der Waals surface area contributed by atoms with Gasteiger partial charge in [-0.2, -0.15) is 18.2 Å². The summed E-state index contributed by atoms with van der Waals surface area (Å²) in [4.78, 5) is 4.93. The molecule has 0 unspecified atom stereocenters. The first-order valence-electron chi connectivity index (χ1n) is 32.4. The second-order valence-corrected chi connectivity index (χ2v) is 23.9. The predicted molar refractivity (Wildman–Crippen MR) is 361 cm³/mol. The number of pyridine rings is 1. The Balaban J connectivity index is 0.00000684. The van der Waals surface area contributed by atoms with Crippen LogP contribution in [-0.4, -0.2) is 18.7 Å². The van der Waals surface area contributed by atoms with E-state index in [1.54, 1.807) is 0 Å². The van der Waals surface area contributed by atoms with E-state index in [0.29, 0.717) is 28.3 Å². The summed E-state index contributed by atoms with van der Waals surface area (Å²) in [5.41, 5.74) is 17.7. The van der Waals surface area contributed by atoms with Crippen molar-refractivity contribution in [2.45, 2.75) is 26.2 Å². The van der Waals surface area contributed by atoms with Crippen molar-refractivity contribution >= 4 is 76.6 Å². The number of furan rings is 1. The van der Waals surface area contributed by atoms with Crippen molar-refractivity contribution in [3.8, 4) is 90.0 Å². The first-order valence-corrected chi connectivity index (χ1v) is 29.9. The van der Waals surface area contributed by atoms with Gasteiger partial charge in [0.25, 0.3) is 6.33 Å². The van der Waals surface area contributed by atoms with E-state index in [1.165, 1.54) is 5.56 Å². The maximum Gasteiger partial charge on any atom is 0.268 e. The molecule has 1 aliphatic heterocycles. The summed E-state index contributed by atoms with van der Waals surface area (Å²) in [6.07, 6.45) is 5.90. The number of fused-ring (bicyclic) bond motifs is 16. The molecule has 6 heterocycles. The third kappa shape index (κ3) is 8.30. The van der Waals surface area contributed by atoms with Gasteiger partial charge in [-0.25, -0.2) is 4.98 Å². The predicted octanol–water partition coefficient (Wildman–Crippen LogP) is 20.5. The average molecular weight is 1340 g/mol. The van der Waals surface area contributed by atoms with Crippen LogP contribution in [0.4, 0.5) is 0 Å². The summed E-state index contributed by atoms with van der Waals surface area (Å²) < 4.78 is 67.9. The Bertz CT molecular complexity index is 6030. The number of benzene rings is 12. The summed E-state index contributed by atoms with van der Waals surface area (Å²) in [7, 11) is 0. The van der Waals surface area contributed by atoms with Crippen LogP contribution in [0.25, 0.3) is 155 Å². The molecule has 0 fully saturated rings. The van der Waals surface area contributed by atoms with Gasteiger partial charge >= 0.3 is 0 Å². The molecule has 5 aromatic heterocycles. The summed E-state index contributed by atoms with van der Waals surface area (Å²) >= 11 is 0. The third-order valence-electron chi connectivity index (χ3n) is 17.7. The second kappa shape index (κ2) is 20.6. The van der Waals surface area contributed by atoms with Gasteiger partial charge in [0.05, 0.1) is 40.3 Å². The molecule has 8 heteroatoms. The number of aromatic nitrogens is 5.